The van der Waals surface area contributed by atoms with Gasteiger partial charge in [-0.3, -0.25) is 9.78 Å². The summed E-state index contributed by atoms with van der Waals surface area (Å²) < 4.78 is 0.404. The second-order valence-corrected chi connectivity index (χ2v) is 3.69. The Morgan fingerprint density at radius 2 is 1.85 bits per heavy atom. The van der Waals surface area contributed by atoms with Gasteiger partial charge in [-0.05, 0) is 12.1 Å². The molecule has 4 heteroatoms. The van der Waals surface area contributed by atoms with Crippen LogP contribution in [-0.2, 0) is 0 Å². The van der Waals surface area contributed by atoms with Gasteiger partial charge in [0.25, 0.3) is 5.91 Å². The third-order valence-electron chi connectivity index (χ3n) is 1.38. The fourth-order valence-electron chi connectivity index (χ4n) is 0.872. The van der Waals surface area contributed by atoms with Gasteiger partial charge in [-0.15, -0.1) is 0 Å². The summed E-state index contributed by atoms with van der Waals surface area (Å²) in [6, 6.07) is 3.37. The van der Waals surface area contributed by atoms with Crippen molar-refractivity contribution in [3.8, 4) is 0 Å². The zero-order valence-electron chi connectivity index (χ0n) is 8.11. The van der Waals surface area contributed by atoms with Crippen LogP contribution in [0.15, 0.2) is 24.5 Å². The highest BCUT2D eigenvalue weighted by atomic mass is 16.2. The lowest BCUT2D eigenvalue weighted by molar-refractivity contribution is -0.905. The summed E-state index contributed by atoms with van der Waals surface area (Å²) in [5, 5.41) is 0. The lowest BCUT2D eigenvalue weighted by atomic mass is 10.2. The summed E-state index contributed by atoms with van der Waals surface area (Å²) in [4.78, 5) is 15.3. The van der Waals surface area contributed by atoms with E-state index < -0.39 is 0 Å². The molecule has 0 fully saturated rings. The van der Waals surface area contributed by atoms with Crippen LogP contribution >= 0.6 is 0 Å². The van der Waals surface area contributed by atoms with Gasteiger partial charge in [0, 0.05) is 18.0 Å². The number of carbonyl (C=O) groups excluding carboxylic acids is 1. The van der Waals surface area contributed by atoms with Crippen molar-refractivity contribution in [2.24, 2.45) is 0 Å². The SMILES string of the molecule is C[N+](C)(C)NC(=O)c1ccncc1. The Labute approximate surface area is 77.8 Å². The molecule has 0 radical (unpaired) electrons. The van der Waals surface area contributed by atoms with E-state index >= 15 is 0 Å². The first-order valence-electron chi connectivity index (χ1n) is 4.03. The maximum absolute atomic E-state index is 11.5. The number of rotatable bonds is 2. The zero-order valence-corrected chi connectivity index (χ0v) is 8.11. The van der Waals surface area contributed by atoms with E-state index in [4.69, 9.17) is 0 Å². The minimum absolute atomic E-state index is 0.0881. The van der Waals surface area contributed by atoms with Crippen LogP contribution < -0.4 is 5.43 Å². The fourth-order valence-corrected chi connectivity index (χ4v) is 0.872. The molecule has 0 spiro atoms. The first-order chi connectivity index (χ1) is 5.99. The highest BCUT2D eigenvalue weighted by Gasteiger charge is 2.13. The molecule has 1 N–H and O–H groups in total. The average molecular weight is 180 g/mol. The summed E-state index contributed by atoms with van der Waals surface area (Å²) >= 11 is 0. The lowest BCUT2D eigenvalue weighted by Crippen LogP contribution is -2.51. The number of hydrogen-bond donors (Lipinski definition) is 1. The van der Waals surface area contributed by atoms with Crippen LogP contribution in [0.1, 0.15) is 10.4 Å². The molecule has 0 atom stereocenters. The number of carbonyl (C=O) groups is 1. The molecule has 0 saturated carbocycles. The number of aromatic nitrogens is 1. The minimum atomic E-state index is -0.0881. The number of quaternary nitrogens is 1. The van der Waals surface area contributed by atoms with Crippen LogP contribution in [0, 0.1) is 0 Å². The summed E-state index contributed by atoms with van der Waals surface area (Å²) in [5.74, 6) is -0.0881. The topological polar surface area (TPSA) is 42.0 Å². The molecule has 0 aliphatic heterocycles. The monoisotopic (exact) mass is 180 g/mol. The maximum atomic E-state index is 11.5. The van der Waals surface area contributed by atoms with Crippen molar-refractivity contribution in [1.82, 2.24) is 10.4 Å². The van der Waals surface area contributed by atoms with Gasteiger partial charge >= 0.3 is 0 Å². The molecule has 0 saturated heterocycles. The van der Waals surface area contributed by atoms with Crippen molar-refractivity contribution in [3.63, 3.8) is 0 Å². The van der Waals surface area contributed by atoms with Crippen LogP contribution in [0.2, 0.25) is 0 Å². The van der Waals surface area contributed by atoms with Crippen LogP contribution in [0.3, 0.4) is 0 Å². The molecule has 0 aliphatic carbocycles. The summed E-state index contributed by atoms with van der Waals surface area (Å²) in [7, 11) is 5.66. The lowest BCUT2D eigenvalue weighted by Gasteiger charge is -2.23. The quantitative estimate of drug-likeness (QED) is 0.530. The molecule has 70 valence electrons. The van der Waals surface area contributed by atoms with Crippen molar-refractivity contribution in [2.75, 3.05) is 21.1 Å². The van der Waals surface area contributed by atoms with Crippen molar-refractivity contribution in [2.45, 2.75) is 0 Å². The van der Waals surface area contributed by atoms with E-state index in [0.29, 0.717) is 10.2 Å². The Hall–Kier alpha value is -1.42. The van der Waals surface area contributed by atoms with Gasteiger partial charge in [-0.25, -0.2) is 4.59 Å². The van der Waals surface area contributed by atoms with E-state index in [1.54, 1.807) is 24.5 Å². The molecule has 1 heterocycles. The maximum Gasteiger partial charge on any atom is 0.296 e. The Bertz CT molecular complexity index is 289. The second-order valence-electron chi connectivity index (χ2n) is 3.69. The number of nitrogens with one attached hydrogen (secondary N) is 1. The Morgan fingerprint density at radius 3 is 2.31 bits per heavy atom. The molecule has 1 amide bonds. The minimum Gasteiger partial charge on any atom is -0.265 e. The Morgan fingerprint density at radius 1 is 1.31 bits per heavy atom. The summed E-state index contributed by atoms with van der Waals surface area (Å²) in [6.07, 6.45) is 3.20. The smallest absolute Gasteiger partial charge is 0.265 e. The van der Waals surface area contributed by atoms with E-state index in [2.05, 4.69) is 10.4 Å². The molecule has 0 unspecified atom stereocenters. The summed E-state index contributed by atoms with van der Waals surface area (Å²) in [5.41, 5.74) is 3.43. The Kier molecular flexibility index (Phi) is 2.63. The molecule has 13 heavy (non-hydrogen) atoms. The Balaban J connectivity index is 2.71. The normalized spacial score (nSPS) is 11.0. The van der Waals surface area contributed by atoms with Crippen molar-refractivity contribution in [3.05, 3.63) is 30.1 Å². The van der Waals surface area contributed by atoms with Gasteiger partial charge < -0.3 is 0 Å². The highest BCUT2D eigenvalue weighted by molar-refractivity contribution is 5.93. The largest absolute Gasteiger partial charge is 0.296 e. The number of hydrogen-bond acceptors (Lipinski definition) is 2. The van der Waals surface area contributed by atoms with E-state index in [1.807, 2.05) is 21.1 Å². The highest BCUT2D eigenvalue weighted by Crippen LogP contribution is 1.96. The van der Waals surface area contributed by atoms with Gasteiger partial charge in [0.15, 0.2) is 0 Å². The molecule has 1 rings (SSSR count). The number of nitrogens with zero attached hydrogens (tertiary/aromatic N) is 2. The molecular formula is C9H14N3O+. The van der Waals surface area contributed by atoms with Crippen LogP contribution in [0.25, 0.3) is 0 Å². The van der Waals surface area contributed by atoms with Crippen molar-refractivity contribution >= 4 is 5.91 Å². The van der Waals surface area contributed by atoms with Crippen molar-refractivity contribution in [1.29, 1.82) is 0 Å². The van der Waals surface area contributed by atoms with E-state index in [0.717, 1.165) is 0 Å². The standard InChI is InChI=1S/C9H13N3O/c1-12(2,3)11-9(13)8-4-6-10-7-5-8/h4-7H,1-3H3/p+1. The zero-order chi connectivity index (χ0) is 9.90. The van der Waals surface area contributed by atoms with Crippen LogP contribution in [0.5, 0.6) is 0 Å². The average Bonchev–Trinajstić information content (AvgIpc) is 2.03. The number of pyridine rings is 1. The van der Waals surface area contributed by atoms with Gasteiger partial charge in [-0.1, -0.05) is 0 Å². The molecule has 0 aromatic carbocycles. The predicted octanol–water partition coefficient (Wildman–Crippen LogP) is 0.433. The number of amides is 1. The van der Waals surface area contributed by atoms with E-state index in [-0.39, 0.29) is 5.91 Å². The van der Waals surface area contributed by atoms with Gasteiger partial charge in [0.05, 0.1) is 21.1 Å². The fraction of sp³-hybridized carbons (Fsp3) is 0.333. The predicted molar refractivity (Wildman–Crippen MR) is 49.7 cm³/mol. The molecule has 4 nitrogen and oxygen atoms in total. The van der Waals surface area contributed by atoms with Gasteiger partial charge in [0.1, 0.15) is 0 Å². The first-order valence-corrected chi connectivity index (χ1v) is 4.03. The molecule has 1 aromatic rings. The van der Waals surface area contributed by atoms with Crippen molar-refractivity contribution < 1.29 is 9.39 Å². The van der Waals surface area contributed by atoms with Crippen LogP contribution in [0.4, 0.5) is 0 Å². The molecule has 1 aromatic heterocycles. The molecule has 0 aliphatic rings. The second kappa shape index (κ2) is 3.53. The summed E-state index contributed by atoms with van der Waals surface area (Å²) in [6.45, 7) is 0. The van der Waals surface area contributed by atoms with Gasteiger partial charge in [0.2, 0.25) is 0 Å². The van der Waals surface area contributed by atoms with E-state index in [9.17, 15) is 4.79 Å². The van der Waals surface area contributed by atoms with Gasteiger partial charge in [-0.2, -0.15) is 5.43 Å². The van der Waals surface area contributed by atoms with E-state index in [1.165, 1.54) is 0 Å². The third kappa shape index (κ3) is 3.21. The van der Waals surface area contributed by atoms with Crippen LogP contribution in [-0.4, -0.2) is 36.6 Å². The molecular weight excluding hydrogens is 166 g/mol. The first kappa shape index (κ1) is 9.67. The third-order valence-corrected chi connectivity index (χ3v) is 1.38. The molecule has 0 bridgehead atoms.